The van der Waals surface area contributed by atoms with Crippen molar-refractivity contribution in [3.05, 3.63) is 103 Å². The zero-order valence-corrected chi connectivity index (χ0v) is 24.7. The van der Waals surface area contributed by atoms with Crippen LogP contribution in [-0.4, -0.2) is 62.3 Å². The van der Waals surface area contributed by atoms with Gasteiger partial charge in [-0.2, -0.15) is 0 Å². The molecule has 0 N–H and O–H groups in total. The van der Waals surface area contributed by atoms with E-state index in [-0.39, 0.29) is 18.5 Å². The first-order valence-electron chi connectivity index (χ1n) is 13.1. The molecule has 0 aromatic heterocycles. The Hall–Kier alpha value is -4.75. The van der Waals surface area contributed by atoms with Gasteiger partial charge in [0.15, 0.2) is 11.3 Å². The minimum atomic E-state index is -3.24. The lowest BCUT2D eigenvalue weighted by molar-refractivity contribution is -0.146. The molecule has 0 spiro atoms. The fourth-order valence-corrected chi connectivity index (χ4v) is 8.68. The van der Waals surface area contributed by atoms with Crippen LogP contribution in [0.2, 0.25) is 0 Å². The van der Waals surface area contributed by atoms with Crippen LogP contribution in [0.5, 0.6) is 0 Å². The Bertz CT molecular complexity index is 1410. The highest BCUT2D eigenvalue weighted by Gasteiger charge is 2.39. The molecule has 0 atom stereocenters. The van der Waals surface area contributed by atoms with E-state index < -0.39 is 42.0 Å². The zero-order chi connectivity index (χ0) is 30.5. The highest BCUT2D eigenvalue weighted by atomic mass is 31.2. The van der Waals surface area contributed by atoms with Gasteiger partial charge in [-0.1, -0.05) is 91.0 Å². The lowest BCUT2D eigenvalue weighted by Gasteiger charge is -2.31. The summed E-state index contributed by atoms with van der Waals surface area (Å²) in [6.07, 6.45) is 0.862. The first-order chi connectivity index (χ1) is 20.4. The second-order valence-electron chi connectivity index (χ2n) is 8.47. The number of rotatable bonds is 11. The molecule has 42 heavy (non-hydrogen) atoms. The molecule has 0 bridgehead atoms. The fraction of sp³-hybridized carbons (Fsp3) is 0.188. The lowest BCUT2D eigenvalue weighted by Crippen LogP contribution is -2.41. The van der Waals surface area contributed by atoms with E-state index in [1.54, 1.807) is 13.8 Å². The number of aliphatic imine (C=N–C) groups is 1. The first kappa shape index (κ1) is 31.8. The van der Waals surface area contributed by atoms with Gasteiger partial charge in [0, 0.05) is 6.20 Å². The maximum absolute atomic E-state index is 13.9. The van der Waals surface area contributed by atoms with Crippen molar-refractivity contribution >= 4 is 57.7 Å². The molecule has 0 radical (unpaired) electrons. The number of ether oxygens (including phenoxy) is 4. The summed E-state index contributed by atoms with van der Waals surface area (Å²) in [6.45, 7) is -0.135. The molecule has 218 valence electrons. The van der Waals surface area contributed by atoms with Crippen LogP contribution in [0, 0.1) is 0 Å². The van der Waals surface area contributed by atoms with E-state index in [0.717, 1.165) is 29.2 Å². The van der Waals surface area contributed by atoms with Crippen molar-refractivity contribution in [1.29, 1.82) is 0 Å². The number of carbonyl (C=O) groups is 4. The molecule has 3 aromatic carbocycles. The van der Waals surface area contributed by atoms with Gasteiger partial charge in [0.2, 0.25) is 0 Å². The maximum atomic E-state index is 13.9. The molecule has 0 saturated heterocycles. The van der Waals surface area contributed by atoms with Crippen molar-refractivity contribution in [3.8, 4) is 0 Å². The normalized spacial score (nSPS) is 11.1. The molecule has 10 heteroatoms. The molecule has 0 fully saturated rings. The van der Waals surface area contributed by atoms with Crippen LogP contribution in [0.4, 0.5) is 0 Å². The van der Waals surface area contributed by atoms with Crippen LogP contribution in [0.3, 0.4) is 0 Å². The molecule has 0 heterocycles. The van der Waals surface area contributed by atoms with Crippen LogP contribution < -0.4 is 15.9 Å². The Balaban J connectivity index is 2.66. The summed E-state index contributed by atoms with van der Waals surface area (Å²) >= 11 is 0. The molecule has 9 nitrogen and oxygen atoms in total. The number of hydrogen-bond acceptors (Lipinski definition) is 9. The second kappa shape index (κ2) is 15.3. The van der Waals surface area contributed by atoms with Crippen LogP contribution in [0.1, 0.15) is 13.8 Å². The van der Waals surface area contributed by atoms with Crippen LogP contribution in [-0.2, 0) is 38.1 Å². The number of hydrogen-bond donors (Lipinski definition) is 0. The fourth-order valence-electron chi connectivity index (χ4n) is 4.32. The summed E-state index contributed by atoms with van der Waals surface area (Å²) < 4.78 is 20.4. The van der Waals surface area contributed by atoms with Crippen molar-refractivity contribution in [2.75, 3.05) is 27.4 Å². The monoisotopic (exact) mass is 589 g/mol. The third-order valence-corrected chi connectivity index (χ3v) is 10.3. The summed E-state index contributed by atoms with van der Waals surface area (Å²) in [5.74, 6) is -3.82. The van der Waals surface area contributed by atoms with E-state index in [9.17, 15) is 19.2 Å². The van der Waals surface area contributed by atoms with Gasteiger partial charge in [-0.15, -0.1) is 0 Å². The summed E-state index contributed by atoms with van der Waals surface area (Å²) in [6, 6.07) is 27.7. The van der Waals surface area contributed by atoms with Gasteiger partial charge in [-0.05, 0) is 36.6 Å². The van der Waals surface area contributed by atoms with E-state index in [1.165, 1.54) is 7.11 Å². The summed E-state index contributed by atoms with van der Waals surface area (Å²) in [5.41, 5.74) is -1.01. The van der Waals surface area contributed by atoms with Gasteiger partial charge in [-0.25, -0.2) is 24.2 Å². The molecular formula is C32H32NO8P. The van der Waals surface area contributed by atoms with Crippen LogP contribution in [0.15, 0.2) is 108 Å². The van der Waals surface area contributed by atoms with E-state index in [0.29, 0.717) is 0 Å². The Morgan fingerprint density at radius 1 is 0.619 bits per heavy atom. The molecule has 0 aliphatic rings. The smallest absolute Gasteiger partial charge is 0.357 e. The molecule has 3 rings (SSSR count). The van der Waals surface area contributed by atoms with E-state index in [2.05, 4.69) is 4.99 Å². The van der Waals surface area contributed by atoms with Crippen molar-refractivity contribution in [1.82, 2.24) is 0 Å². The largest absolute Gasteiger partial charge is 0.465 e. The van der Waals surface area contributed by atoms with Gasteiger partial charge in [0.05, 0.1) is 27.4 Å². The van der Waals surface area contributed by atoms with E-state index in [4.69, 9.17) is 18.9 Å². The first-order valence-corrected chi connectivity index (χ1v) is 14.9. The highest BCUT2D eigenvalue weighted by Crippen LogP contribution is 2.47. The highest BCUT2D eigenvalue weighted by molar-refractivity contribution is 7.98. The molecular weight excluding hydrogens is 557 g/mol. The SMILES string of the molecule is CCOC(=O)C(=CN=C(C(=O)OC)C(C(=O)OC)=P(c1ccccc1)(c1ccccc1)c1ccccc1)C(=O)OCC. The number of esters is 4. The Kier molecular flexibility index (Phi) is 11.6. The lowest BCUT2D eigenvalue weighted by atomic mass is 10.2. The average molecular weight is 590 g/mol. The van der Waals surface area contributed by atoms with Crippen molar-refractivity contribution in [3.63, 3.8) is 0 Å². The minimum absolute atomic E-state index is 0.0205. The van der Waals surface area contributed by atoms with Crippen molar-refractivity contribution in [2.45, 2.75) is 13.8 Å². The van der Waals surface area contributed by atoms with Gasteiger partial charge >= 0.3 is 23.9 Å². The Morgan fingerprint density at radius 3 is 1.33 bits per heavy atom. The summed E-state index contributed by atoms with van der Waals surface area (Å²) in [7, 11) is 2.34. The average Bonchev–Trinajstić information content (AvgIpc) is 3.03. The number of nitrogens with zero attached hydrogens (tertiary/aromatic N) is 1. The van der Waals surface area contributed by atoms with E-state index in [1.807, 2.05) is 91.0 Å². The van der Waals surface area contributed by atoms with Crippen molar-refractivity contribution in [2.24, 2.45) is 4.99 Å². The standard InChI is InChI=1S/C32H32NO8P/c1-5-40-29(34)26(30(35)41-6-2)22-33-27(31(36)38-3)28(32(37)39-4)42(23-16-10-7-11-17-23,24-18-12-8-13-19-24)25-20-14-9-15-21-25/h7-22H,5-6H2,1-4H3. The maximum Gasteiger partial charge on any atom is 0.357 e. The summed E-state index contributed by atoms with van der Waals surface area (Å²) in [4.78, 5) is 57.0. The predicted octanol–water partition coefficient (Wildman–Crippen LogP) is 2.95. The molecule has 0 saturated carbocycles. The number of carbonyl (C=O) groups excluding carboxylic acids is 4. The number of methoxy groups -OCH3 is 2. The zero-order valence-electron chi connectivity index (χ0n) is 23.8. The van der Waals surface area contributed by atoms with Gasteiger partial charge in [0.25, 0.3) is 0 Å². The third-order valence-electron chi connectivity index (χ3n) is 6.06. The Labute approximate surface area is 244 Å². The quantitative estimate of drug-likeness (QED) is 0.0638. The molecule has 0 aliphatic carbocycles. The van der Waals surface area contributed by atoms with Crippen LogP contribution in [0.25, 0.3) is 0 Å². The molecule has 3 aromatic rings. The third kappa shape index (κ3) is 6.75. The van der Waals surface area contributed by atoms with E-state index >= 15 is 0 Å². The van der Waals surface area contributed by atoms with Gasteiger partial charge in [-0.3, -0.25) is 0 Å². The van der Waals surface area contributed by atoms with Gasteiger partial charge < -0.3 is 18.9 Å². The number of benzene rings is 3. The van der Waals surface area contributed by atoms with Crippen LogP contribution >= 0.6 is 6.89 Å². The summed E-state index contributed by atoms with van der Waals surface area (Å²) in [5, 5.41) is 2.07. The van der Waals surface area contributed by atoms with Gasteiger partial charge in [0.1, 0.15) is 5.29 Å². The predicted molar refractivity (Wildman–Crippen MR) is 163 cm³/mol. The Morgan fingerprint density at radius 2 is 1.00 bits per heavy atom. The molecule has 0 amide bonds. The molecule has 0 aliphatic heterocycles. The topological polar surface area (TPSA) is 118 Å². The minimum Gasteiger partial charge on any atom is -0.465 e. The second-order valence-corrected chi connectivity index (χ2v) is 11.8. The molecule has 0 unspecified atom stereocenters. The van der Waals surface area contributed by atoms with Crippen molar-refractivity contribution < 1.29 is 38.1 Å².